The second-order valence-corrected chi connectivity index (χ2v) is 17.1. The molecule has 6 N–H and O–H groups in total. The van der Waals surface area contributed by atoms with Crippen LogP contribution in [0.3, 0.4) is 0 Å². The summed E-state index contributed by atoms with van der Waals surface area (Å²) >= 11 is 1.94. The van der Waals surface area contributed by atoms with E-state index in [2.05, 4.69) is 55.6 Å². The average Bonchev–Trinajstić information content (AvgIpc) is 3.99. The van der Waals surface area contributed by atoms with Crippen LogP contribution < -0.4 is 41.0 Å². The molecule has 0 radical (unpaired) electrons. The molecule has 18 heteroatoms. The molecule has 4 aliphatic rings. The van der Waals surface area contributed by atoms with E-state index in [1.807, 2.05) is 30.1 Å². The molecular weight excluding hydrogens is 751 g/mol. The van der Waals surface area contributed by atoms with Crippen molar-refractivity contribution >= 4 is 40.3 Å². The molecule has 7 rings (SSSR count). The lowest BCUT2D eigenvalue weighted by atomic mass is 9.79. The van der Waals surface area contributed by atoms with Crippen molar-refractivity contribution < 1.29 is 28.8 Å². The third-order valence-corrected chi connectivity index (χ3v) is 13.6. The third-order valence-electron chi connectivity index (χ3n) is 11.7. The van der Waals surface area contributed by atoms with Gasteiger partial charge in [-0.2, -0.15) is 16.7 Å². The molecule has 0 aliphatic carbocycles. The van der Waals surface area contributed by atoms with Crippen molar-refractivity contribution in [3.05, 3.63) is 24.0 Å². The molecule has 17 nitrogen and oxygen atoms in total. The number of hydrogen-bond acceptors (Lipinski definition) is 16. The van der Waals surface area contributed by atoms with Crippen LogP contribution in [0.1, 0.15) is 70.9 Å². The number of benzene rings is 1. The van der Waals surface area contributed by atoms with Crippen molar-refractivity contribution in [2.45, 2.75) is 107 Å². The molecule has 314 valence electrons. The number of aliphatic hydroxyl groups excluding tert-OH is 1. The molecule has 0 spiro atoms. The molecule has 1 aromatic carbocycles. The second-order valence-electron chi connectivity index (χ2n) is 15.9. The quantitative estimate of drug-likeness (QED) is 0.0859. The van der Waals surface area contributed by atoms with E-state index < -0.39 is 6.35 Å². The van der Waals surface area contributed by atoms with Gasteiger partial charge < -0.3 is 44.9 Å². The van der Waals surface area contributed by atoms with Crippen LogP contribution in [-0.2, 0) is 27.4 Å². The van der Waals surface area contributed by atoms with Gasteiger partial charge in [-0.05, 0) is 65.0 Å². The monoisotopic (exact) mass is 811 g/mol. The number of aliphatic hydroxyl groups is 1. The lowest BCUT2D eigenvalue weighted by Gasteiger charge is -2.36. The Kier molecular flexibility index (Phi) is 14.2. The Bertz CT molecular complexity index is 1780. The predicted octanol–water partition coefficient (Wildman–Crippen LogP) is 2.38. The lowest BCUT2D eigenvalue weighted by molar-refractivity contribution is -0.121. The van der Waals surface area contributed by atoms with Crippen LogP contribution in [0.4, 0.5) is 11.8 Å². The first-order chi connectivity index (χ1) is 27.7. The van der Waals surface area contributed by atoms with Gasteiger partial charge in [0, 0.05) is 72.2 Å². The van der Waals surface area contributed by atoms with E-state index in [4.69, 9.17) is 28.9 Å². The zero-order valence-electron chi connectivity index (χ0n) is 33.7. The number of amides is 1. The molecule has 4 saturated heterocycles. The van der Waals surface area contributed by atoms with E-state index in [0.29, 0.717) is 74.4 Å². The van der Waals surface area contributed by atoms with Crippen molar-refractivity contribution in [1.82, 2.24) is 46.2 Å². The van der Waals surface area contributed by atoms with Gasteiger partial charge >= 0.3 is 0 Å². The van der Waals surface area contributed by atoms with Gasteiger partial charge in [0.15, 0.2) is 17.9 Å². The molecule has 5 atom stereocenters. The zero-order chi connectivity index (χ0) is 39.7. The summed E-state index contributed by atoms with van der Waals surface area (Å²) in [6, 6.07) is 4.19. The number of aromatic nitrogens is 5. The minimum Gasteiger partial charge on any atom is -0.493 e. The normalized spacial score (nSPS) is 25.9. The number of unbranched alkanes of at least 4 members (excludes halogenated alkanes) is 1. The maximum atomic E-state index is 12.3. The number of thioether (sulfide) groups is 1. The molecule has 2 aromatic heterocycles. The first-order valence-corrected chi connectivity index (χ1v) is 21.7. The fourth-order valence-corrected chi connectivity index (χ4v) is 10.1. The Morgan fingerprint density at radius 3 is 2.70 bits per heavy atom. The van der Waals surface area contributed by atoms with Gasteiger partial charge in [0.25, 0.3) is 0 Å². The molecule has 57 heavy (non-hydrogen) atoms. The van der Waals surface area contributed by atoms with Crippen molar-refractivity contribution in [3.63, 3.8) is 0 Å². The summed E-state index contributed by atoms with van der Waals surface area (Å²) in [5.41, 5.74) is 1.21. The molecule has 0 bridgehead atoms. The summed E-state index contributed by atoms with van der Waals surface area (Å²) in [6.07, 6.45) is 9.02. The fraction of sp³-hybridized carbons (Fsp3) is 0.718. The standard InChI is InChI=1S/C39H61N11O6S/c1-38-26-57-33(39(38,2)46-37(52)45-38)10-4-5-11-34(51)41-13-17-54-19-20-55-18-16-50-24-28(47-48-50)25-56-32-22-30-29(21-31(32)53-3)35(42-27-9-8-12-40-23-27)44-36(43-30)49-14-6-7-15-49/h21-22,24,27,33,37,40,45-46,52H,4-20,23,25-26H2,1-3H3,(H,41,51)(H,42,43,44)/t27-,33+,37?,38+,39-/m1/s1. The Morgan fingerprint density at radius 2 is 1.89 bits per heavy atom. The first kappa shape index (κ1) is 41.6. The predicted molar refractivity (Wildman–Crippen MR) is 220 cm³/mol. The molecule has 6 heterocycles. The Hall–Kier alpha value is -3.52. The van der Waals surface area contributed by atoms with E-state index in [0.717, 1.165) is 99.5 Å². The van der Waals surface area contributed by atoms with Crippen LogP contribution in [0.2, 0.25) is 0 Å². The fourth-order valence-electron chi connectivity index (χ4n) is 8.22. The SMILES string of the molecule is COc1cc2c(N[C@@H]3CCCNC3)nc(N3CCCC3)nc2cc1OCc1cn(CCOCCOCCNC(=O)CCCC[C@@H]2SC[C@]3(C)NC(O)N[C@]23C)nn1. The number of carbonyl (C=O) groups excluding carboxylic acids is 1. The van der Waals surface area contributed by atoms with Crippen molar-refractivity contribution in [3.8, 4) is 11.5 Å². The summed E-state index contributed by atoms with van der Waals surface area (Å²) in [5, 5.41) is 36.6. The second kappa shape index (κ2) is 19.5. The minimum absolute atomic E-state index is 0.0467. The van der Waals surface area contributed by atoms with Gasteiger partial charge in [-0.3, -0.25) is 15.4 Å². The average molecular weight is 812 g/mol. The van der Waals surface area contributed by atoms with Gasteiger partial charge in [-0.1, -0.05) is 11.6 Å². The van der Waals surface area contributed by atoms with Crippen molar-refractivity contribution in [1.29, 1.82) is 0 Å². The summed E-state index contributed by atoms with van der Waals surface area (Å²) < 4.78 is 25.1. The number of methoxy groups -OCH3 is 1. The highest BCUT2D eigenvalue weighted by molar-refractivity contribution is 8.00. The maximum Gasteiger partial charge on any atom is 0.227 e. The maximum absolute atomic E-state index is 12.3. The first-order valence-electron chi connectivity index (χ1n) is 20.6. The summed E-state index contributed by atoms with van der Waals surface area (Å²) in [7, 11) is 1.64. The lowest BCUT2D eigenvalue weighted by Crippen LogP contribution is -2.58. The van der Waals surface area contributed by atoms with Crippen LogP contribution in [0.15, 0.2) is 18.3 Å². The number of piperidine rings is 1. The molecule has 3 aromatic rings. The summed E-state index contributed by atoms with van der Waals surface area (Å²) in [6.45, 7) is 11.2. The highest BCUT2D eigenvalue weighted by Crippen LogP contribution is 2.47. The third kappa shape index (κ3) is 10.4. The van der Waals surface area contributed by atoms with Crippen LogP contribution in [0.5, 0.6) is 11.5 Å². The van der Waals surface area contributed by atoms with E-state index in [-0.39, 0.29) is 23.6 Å². The van der Waals surface area contributed by atoms with Gasteiger partial charge in [-0.15, -0.1) is 5.10 Å². The van der Waals surface area contributed by atoms with E-state index >= 15 is 0 Å². The number of hydrogen-bond donors (Lipinski definition) is 6. The van der Waals surface area contributed by atoms with Gasteiger partial charge in [-0.25, -0.2) is 9.67 Å². The summed E-state index contributed by atoms with van der Waals surface area (Å²) in [4.78, 5) is 24.5. The number of anilines is 2. The molecule has 4 fully saturated rings. The molecule has 0 saturated carbocycles. The number of nitrogens with one attached hydrogen (secondary N) is 5. The molecule has 1 amide bonds. The minimum atomic E-state index is -0.663. The van der Waals surface area contributed by atoms with Crippen LogP contribution in [-0.4, -0.2) is 137 Å². The number of ether oxygens (including phenoxy) is 4. The molecule has 4 aliphatic heterocycles. The van der Waals surface area contributed by atoms with Gasteiger partial charge in [0.05, 0.1) is 51.8 Å². The largest absolute Gasteiger partial charge is 0.493 e. The highest BCUT2D eigenvalue weighted by Gasteiger charge is 2.60. The van der Waals surface area contributed by atoms with Gasteiger partial charge in [0.2, 0.25) is 11.9 Å². The smallest absolute Gasteiger partial charge is 0.227 e. The molecular formula is C39H61N11O6S. The van der Waals surface area contributed by atoms with E-state index in [9.17, 15) is 9.90 Å². The Morgan fingerprint density at radius 1 is 1.05 bits per heavy atom. The van der Waals surface area contributed by atoms with E-state index in [1.54, 1.807) is 11.8 Å². The summed E-state index contributed by atoms with van der Waals surface area (Å²) in [5.74, 6) is 3.75. The van der Waals surface area contributed by atoms with Crippen LogP contribution in [0, 0.1) is 0 Å². The highest BCUT2D eigenvalue weighted by atomic mass is 32.2. The number of fused-ring (bicyclic) bond motifs is 2. The molecule has 1 unspecified atom stereocenters. The van der Waals surface area contributed by atoms with Crippen LogP contribution in [0.25, 0.3) is 10.9 Å². The zero-order valence-corrected chi connectivity index (χ0v) is 34.5. The van der Waals surface area contributed by atoms with Crippen molar-refractivity contribution in [2.75, 3.05) is 82.2 Å². The topological polar surface area (TPSA) is 194 Å². The number of rotatable bonds is 21. The van der Waals surface area contributed by atoms with E-state index in [1.165, 1.54) is 0 Å². The van der Waals surface area contributed by atoms with Gasteiger partial charge in [0.1, 0.15) is 18.1 Å². The number of nitrogens with zero attached hydrogens (tertiary/aromatic N) is 6. The number of carbonyl (C=O) groups is 1. The van der Waals surface area contributed by atoms with Crippen molar-refractivity contribution in [2.24, 2.45) is 0 Å². The Balaban J connectivity index is 0.777. The van der Waals surface area contributed by atoms with Crippen LogP contribution >= 0.6 is 11.8 Å². The Labute approximate surface area is 339 Å².